The first kappa shape index (κ1) is 8.90. The van der Waals surface area contributed by atoms with E-state index in [1.165, 1.54) is 0 Å². The molecule has 0 spiro atoms. The second kappa shape index (κ2) is 3.99. The first-order valence-corrected chi connectivity index (χ1v) is 5.22. The summed E-state index contributed by atoms with van der Waals surface area (Å²) in [4.78, 5) is 2.08. The molecule has 4 heteroatoms. The molecule has 0 amide bonds. The fraction of sp³-hybridized carbons (Fsp3) is 0. The molecule has 0 unspecified atom stereocenters. The van der Waals surface area contributed by atoms with Crippen LogP contribution in [0, 0.1) is 10.2 Å². The van der Waals surface area contributed by atoms with Gasteiger partial charge >= 0.3 is 81.1 Å². The van der Waals surface area contributed by atoms with Crippen molar-refractivity contribution in [3.63, 3.8) is 0 Å². The molecule has 0 radical (unpaired) electrons. The third kappa shape index (κ3) is 2.39. The Morgan fingerprint density at radius 3 is 2.64 bits per heavy atom. The van der Waals surface area contributed by atoms with Gasteiger partial charge in [0.2, 0.25) is 0 Å². The summed E-state index contributed by atoms with van der Waals surface area (Å²) in [5.74, 6) is 0. The summed E-state index contributed by atoms with van der Waals surface area (Å²) in [6.07, 6.45) is 0. The van der Waals surface area contributed by atoms with Crippen LogP contribution in [0.15, 0.2) is 18.2 Å². The zero-order valence-corrected chi connectivity index (χ0v) is 8.57. The van der Waals surface area contributed by atoms with E-state index in [-0.39, 0.29) is 15.0 Å². The SMILES string of the molecule is N#C[Se]c1ccc(Cl)cc1Cl. The number of nitriles is 1. The van der Waals surface area contributed by atoms with Crippen molar-refractivity contribution in [1.29, 1.82) is 5.26 Å². The Hall–Kier alpha value is -0.191. The van der Waals surface area contributed by atoms with Crippen LogP contribution in [0.3, 0.4) is 0 Å². The molecule has 0 saturated heterocycles. The average Bonchev–Trinajstić information content (AvgIpc) is 1.95. The van der Waals surface area contributed by atoms with Crippen molar-refractivity contribution in [2.24, 2.45) is 0 Å². The van der Waals surface area contributed by atoms with Gasteiger partial charge in [-0.05, 0) is 0 Å². The van der Waals surface area contributed by atoms with Gasteiger partial charge in [-0.15, -0.1) is 0 Å². The van der Waals surface area contributed by atoms with Gasteiger partial charge in [0.05, 0.1) is 0 Å². The molecule has 11 heavy (non-hydrogen) atoms. The molecule has 0 atom stereocenters. The second-order valence-corrected chi connectivity index (χ2v) is 4.35. The molecule has 0 saturated carbocycles. The number of rotatable bonds is 1. The van der Waals surface area contributed by atoms with Crippen molar-refractivity contribution < 1.29 is 0 Å². The van der Waals surface area contributed by atoms with Gasteiger partial charge < -0.3 is 0 Å². The Bertz CT molecular complexity index is 306. The normalized spacial score (nSPS) is 9.18. The molecule has 0 aliphatic heterocycles. The minimum atomic E-state index is -0.193. The summed E-state index contributed by atoms with van der Waals surface area (Å²) in [7, 11) is 0. The molecule has 56 valence electrons. The van der Waals surface area contributed by atoms with E-state index in [9.17, 15) is 0 Å². The molecule has 1 rings (SSSR count). The fourth-order valence-corrected chi connectivity index (χ4v) is 2.04. The monoisotopic (exact) mass is 251 g/mol. The minimum absolute atomic E-state index is 0.193. The fourth-order valence-electron chi connectivity index (χ4n) is 0.607. The van der Waals surface area contributed by atoms with Crippen molar-refractivity contribution in [3.05, 3.63) is 28.2 Å². The van der Waals surface area contributed by atoms with Crippen LogP contribution in [0.4, 0.5) is 0 Å². The van der Waals surface area contributed by atoms with Crippen LogP contribution in [0.1, 0.15) is 0 Å². The van der Waals surface area contributed by atoms with Crippen LogP contribution in [-0.4, -0.2) is 15.0 Å². The number of benzene rings is 1. The quantitative estimate of drug-likeness (QED) is 0.698. The third-order valence-electron chi connectivity index (χ3n) is 1.05. The maximum absolute atomic E-state index is 8.40. The number of hydrogen-bond donors (Lipinski definition) is 0. The van der Waals surface area contributed by atoms with Gasteiger partial charge in [-0.25, -0.2) is 0 Å². The molecule has 0 aliphatic rings. The van der Waals surface area contributed by atoms with E-state index >= 15 is 0 Å². The Kier molecular flexibility index (Phi) is 3.23. The molecule has 0 fully saturated rings. The van der Waals surface area contributed by atoms with Crippen molar-refractivity contribution in [1.82, 2.24) is 0 Å². The Morgan fingerprint density at radius 1 is 1.36 bits per heavy atom. The summed E-state index contributed by atoms with van der Waals surface area (Å²) in [6.45, 7) is 0. The van der Waals surface area contributed by atoms with Crippen LogP contribution in [0.5, 0.6) is 0 Å². The van der Waals surface area contributed by atoms with Crippen molar-refractivity contribution >= 4 is 42.6 Å². The van der Waals surface area contributed by atoms with Gasteiger partial charge in [0.1, 0.15) is 0 Å². The first-order chi connectivity index (χ1) is 5.24. The number of halogens is 2. The van der Waals surface area contributed by atoms with Crippen LogP contribution in [0.2, 0.25) is 10.0 Å². The van der Waals surface area contributed by atoms with Crippen LogP contribution in [-0.2, 0) is 0 Å². The second-order valence-electron chi connectivity index (χ2n) is 1.77. The predicted molar refractivity (Wildman–Crippen MR) is 47.5 cm³/mol. The van der Waals surface area contributed by atoms with Crippen molar-refractivity contribution in [2.75, 3.05) is 0 Å². The van der Waals surface area contributed by atoms with E-state index in [4.69, 9.17) is 28.5 Å². The van der Waals surface area contributed by atoms with Gasteiger partial charge in [0, 0.05) is 0 Å². The van der Waals surface area contributed by atoms with Gasteiger partial charge in [0.15, 0.2) is 0 Å². The molecular weight excluding hydrogens is 248 g/mol. The summed E-state index contributed by atoms with van der Waals surface area (Å²) >= 11 is 11.3. The molecule has 0 aliphatic carbocycles. The van der Waals surface area contributed by atoms with E-state index in [1.807, 2.05) is 0 Å². The summed E-state index contributed by atoms with van der Waals surface area (Å²) < 4.78 is 0.881. The van der Waals surface area contributed by atoms with Gasteiger partial charge in [-0.1, -0.05) is 0 Å². The molecule has 1 aromatic carbocycles. The van der Waals surface area contributed by atoms with Gasteiger partial charge in [0.25, 0.3) is 0 Å². The summed E-state index contributed by atoms with van der Waals surface area (Å²) in [5, 5.41) is 9.59. The number of hydrogen-bond acceptors (Lipinski definition) is 1. The molecule has 0 aromatic heterocycles. The molecule has 1 aromatic rings. The van der Waals surface area contributed by atoms with E-state index in [0.29, 0.717) is 10.0 Å². The summed E-state index contributed by atoms with van der Waals surface area (Å²) in [5.41, 5.74) is 0. The van der Waals surface area contributed by atoms with E-state index < -0.39 is 0 Å². The van der Waals surface area contributed by atoms with Gasteiger partial charge in [-0.2, -0.15) is 0 Å². The molecule has 0 heterocycles. The zero-order chi connectivity index (χ0) is 8.27. The predicted octanol–water partition coefficient (Wildman–Crippen LogP) is 1.80. The Balaban J connectivity index is 3.01. The van der Waals surface area contributed by atoms with Crippen LogP contribution < -0.4 is 4.46 Å². The van der Waals surface area contributed by atoms with Crippen molar-refractivity contribution in [3.8, 4) is 4.97 Å². The average molecular weight is 251 g/mol. The zero-order valence-electron chi connectivity index (χ0n) is 5.34. The summed E-state index contributed by atoms with van der Waals surface area (Å²) in [6, 6.07) is 5.17. The van der Waals surface area contributed by atoms with E-state index in [0.717, 1.165) is 4.46 Å². The standard InChI is InChI=1S/C7H3Cl2NSe/c8-5-1-2-7(11-4-10)6(9)3-5/h1-3H. The first-order valence-electron chi connectivity index (χ1n) is 2.75. The molecule has 0 bridgehead atoms. The van der Waals surface area contributed by atoms with E-state index in [2.05, 4.69) is 4.97 Å². The molecule has 1 nitrogen and oxygen atoms in total. The van der Waals surface area contributed by atoms with Crippen molar-refractivity contribution in [2.45, 2.75) is 0 Å². The Morgan fingerprint density at radius 2 is 2.09 bits per heavy atom. The van der Waals surface area contributed by atoms with Gasteiger partial charge in [-0.3, -0.25) is 0 Å². The van der Waals surface area contributed by atoms with Crippen LogP contribution >= 0.6 is 23.2 Å². The Labute approximate surface area is 81.1 Å². The topological polar surface area (TPSA) is 23.8 Å². The third-order valence-corrected chi connectivity index (χ3v) is 3.25. The maximum atomic E-state index is 8.40. The molecular formula is C7H3Cl2NSe. The van der Waals surface area contributed by atoms with Crippen LogP contribution in [0.25, 0.3) is 0 Å². The number of nitrogens with zero attached hydrogens (tertiary/aromatic N) is 1. The van der Waals surface area contributed by atoms with E-state index in [1.54, 1.807) is 18.2 Å². The molecule has 0 N–H and O–H groups in total.